The van der Waals surface area contributed by atoms with Crippen LogP contribution in [0.2, 0.25) is 0 Å². The molecule has 0 fully saturated rings. The molecule has 0 aliphatic rings. The molecule has 2 aromatic rings. The highest BCUT2D eigenvalue weighted by Crippen LogP contribution is 2.13. The first-order valence-electron chi connectivity index (χ1n) is 6.51. The molecule has 4 nitrogen and oxygen atoms in total. The summed E-state index contributed by atoms with van der Waals surface area (Å²) in [6.07, 6.45) is 0. The molecule has 0 aliphatic carbocycles. The van der Waals surface area contributed by atoms with Crippen LogP contribution in [0.15, 0.2) is 36.4 Å². The van der Waals surface area contributed by atoms with E-state index in [4.69, 9.17) is 4.74 Å². The van der Waals surface area contributed by atoms with Crippen LogP contribution in [0, 0.1) is 6.92 Å². The Morgan fingerprint density at radius 1 is 1.21 bits per heavy atom. The van der Waals surface area contributed by atoms with Gasteiger partial charge in [-0.1, -0.05) is 30.3 Å². The minimum Gasteiger partial charge on any atom is -0.472 e. The Labute approximate surface area is 114 Å². The van der Waals surface area contributed by atoms with Crippen LogP contribution in [0.25, 0.3) is 0 Å². The summed E-state index contributed by atoms with van der Waals surface area (Å²) in [5.74, 6) is 0.695. The number of likely N-dealkylation sites (N-methyl/N-ethyl adjacent to an activating group) is 1. The molecule has 0 N–H and O–H groups in total. The fraction of sp³-hybridized carbons (Fsp3) is 0.400. The standard InChI is InChI=1S/C15H21N3O/c1-13-11-15(16-18(13)10-9-17(2)3)19-12-14-7-5-4-6-8-14/h4-8,11H,9-10,12H2,1-3H3. The van der Waals surface area contributed by atoms with Crippen LogP contribution in [-0.2, 0) is 13.2 Å². The van der Waals surface area contributed by atoms with Gasteiger partial charge in [-0.3, -0.25) is 4.68 Å². The van der Waals surface area contributed by atoms with Crippen molar-refractivity contribution in [3.63, 3.8) is 0 Å². The van der Waals surface area contributed by atoms with Gasteiger partial charge in [-0.2, -0.15) is 0 Å². The first-order chi connectivity index (χ1) is 9.15. The molecule has 0 bridgehead atoms. The lowest BCUT2D eigenvalue weighted by atomic mass is 10.2. The average Bonchev–Trinajstić information content (AvgIpc) is 2.76. The molecule has 0 atom stereocenters. The quantitative estimate of drug-likeness (QED) is 0.797. The van der Waals surface area contributed by atoms with E-state index in [9.17, 15) is 0 Å². The summed E-state index contributed by atoms with van der Waals surface area (Å²) in [6.45, 7) is 4.47. The van der Waals surface area contributed by atoms with Crippen molar-refractivity contribution in [1.29, 1.82) is 0 Å². The number of nitrogens with zero attached hydrogens (tertiary/aromatic N) is 3. The molecular weight excluding hydrogens is 238 g/mol. The highest BCUT2D eigenvalue weighted by Gasteiger charge is 2.05. The Morgan fingerprint density at radius 2 is 1.95 bits per heavy atom. The highest BCUT2D eigenvalue weighted by molar-refractivity contribution is 5.17. The van der Waals surface area contributed by atoms with E-state index in [1.807, 2.05) is 28.9 Å². The summed E-state index contributed by atoms with van der Waals surface area (Å²) < 4.78 is 7.70. The van der Waals surface area contributed by atoms with Crippen LogP contribution in [0.1, 0.15) is 11.3 Å². The molecule has 0 unspecified atom stereocenters. The molecule has 1 heterocycles. The minimum atomic E-state index is 0.560. The number of aromatic nitrogens is 2. The topological polar surface area (TPSA) is 30.3 Å². The number of aryl methyl sites for hydroxylation is 1. The number of hydrogen-bond donors (Lipinski definition) is 0. The van der Waals surface area contributed by atoms with E-state index in [1.165, 1.54) is 0 Å². The molecule has 0 saturated heterocycles. The predicted molar refractivity (Wildman–Crippen MR) is 76.3 cm³/mol. The lowest BCUT2D eigenvalue weighted by Crippen LogP contribution is -2.19. The summed E-state index contributed by atoms with van der Waals surface area (Å²) in [5.41, 5.74) is 2.29. The summed E-state index contributed by atoms with van der Waals surface area (Å²) in [5, 5.41) is 4.46. The van der Waals surface area contributed by atoms with Crippen LogP contribution in [-0.4, -0.2) is 35.3 Å². The monoisotopic (exact) mass is 259 g/mol. The fourth-order valence-electron chi connectivity index (χ4n) is 1.80. The highest BCUT2D eigenvalue weighted by atomic mass is 16.5. The summed E-state index contributed by atoms with van der Waals surface area (Å²) >= 11 is 0. The third-order valence-corrected chi connectivity index (χ3v) is 2.95. The Hall–Kier alpha value is -1.81. The second-order valence-electron chi connectivity index (χ2n) is 4.92. The third kappa shape index (κ3) is 4.10. The van der Waals surface area contributed by atoms with E-state index < -0.39 is 0 Å². The van der Waals surface area contributed by atoms with Crippen LogP contribution < -0.4 is 4.74 Å². The molecule has 0 aliphatic heterocycles. The maximum absolute atomic E-state index is 5.71. The number of hydrogen-bond acceptors (Lipinski definition) is 3. The second-order valence-corrected chi connectivity index (χ2v) is 4.92. The van der Waals surface area contributed by atoms with E-state index in [2.05, 4.69) is 43.2 Å². The Balaban J connectivity index is 1.92. The lowest BCUT2D eigenvalue weighted by molar-refractivity contribution is 0.287. The zero-order valence-electron chi connectivity index (χ0n) is 11.8. The maximum atomic E-state index is 5.71. The average molecular weight is 259 g/mol. The molecule has 0 saturated carbocycles. The Morgan fingerprint density at radius 3 is 2.63 bits per heavy atom. The fourth-order valence-corrected chi connectivity index (χ4v) is 1.80. The molecule has 1 aromatic heterocycles. The minimum absolute atomic E-state index is 0.560. The van der Waals surface area contributed by atoms with Crippen molar-refractivity contribution < 1.29 is 4.74 Å². The van der Waals surface area contributed by atoms with Crippen molar-refractivity contribution in [1.82, 2.24) is 14.7 Å². The van der Waals surface area contributed by atoms with Gasteiger partial charge in [0.15, 0.2) is 0 Å². The summed E-state index contributed by atoms with van der Waals surface area (Å²) in [4.78, 5) is 2.14. The van der Waals surface area contributed by atoms with Gasteiger partial charge >= 0.3 is 0 Å². The number of rotatable bonds is 6. The Bertz CT molecular complexity index is 505. The zero-order chi connectivity index (χ0) is 13.7. The third-order valence-electron chi connectivity index (χ3n) is 2.95. The number of ether oxygens (including phenoxy) is 1. The van der Waals surface area contributed by atoms with Gasteiger partial charge in [0.2, 0.25) is 5.88 Å². The molecule has 19 heavy (non-hydrogen) atoms. The molecule has 2 rings (SSSR count). The zero-order valence-corrected chi connectivity index (χ0v) is 11.8. The molecule has 0 spiro atoms. The molecule has 0 radical (unpaired) electrons. The molecule has 0 amide bonds. The van der Waals surface area contributed by atoms with Crippen molar-refractivity contribution in [2.24, 2.45) is 0 Å². The van der Waals surface area contributed by atoms with Crippen molar-refractivity contribution >= 4 is 0 Å². The van der Waals surface area contributed by atoms with Gasteiger partial charge in [-0.05, 0) is 26.6 Å². The lowest BCUT2D eigenvalue weighted by Gasteiger charge is -2.10. The van der Waals surface area contributed by atoms with Crippen molar-refractivity contribution in [2.75, 3.05) is 20.6 Å². The van der Waals surface area contributed by atoms with Crippen molar-refractivity contribution in [3.8, 4) is 5.88 Å². The van der Waals surface area contributed by atoms with Crippen molar-refractivity contribution in [3.05, 3.63) is 47.7 Å². The van der Waals surface area contributed by atoms with Crippen LogP contribution >= 0.6 is 0 Å². The van der Waals surface area contributed by atoms with Gasteiger partial charge in [0.1, 0.15) is 6.61 Å². The largest absolute Gasteiger partial charge is 0.472 e. The Kier molecular flexibility index (Phi) is 4.58. The van der Waals surface area contributed by atoms with Gasteiger partial charge in [-0.15, -0.1) is 5.10 Å². The SMILES string of the molecule is Cc1cc(OCc2ccccc2)nn1CCN(C)C. The normalized spacial score (nSPS) is 10.9. The van der Waals surface area contributed by atoms with Crippen LogP contribution in [0.5, 0.6) is 5.88 Å². The summed E-state index contributed by atoms with van der Waals surface area (Å²) in [6, 6.07) is 12.1. The van der Waals surface area contributed by atoms with Crippen LogP contribution in [0.4, 0.5) is 0 Å². The van der Waals surface area contributed by atoms with E-state index in [1.54, 1.807) is 0 Å². The maximum Gasteiger partial charge on any atom is 0.233 e. The number of benzene rings is 1. The van der Waals surface area contributed by atoms with Gasteiger partial charge < -0.3 is 9.64 Å². The van der Waals surface area contributed by atoms with Gasteiger partial charge in [0.25, 0.3) is 0 Å². The first kappa shape index (κ1) is 13.6. The molecule has 102 valence electrons. The molecule has 1 aromatic carbocycles. The van der Waals surface area contributed by atoms with Gasteiger partial charge in [-0.25, -0.2) is 0 Å². The van der Waals surface area contributed by atoms with Crippen LogP contribution in [0.3, 0.4) is 0 Å². The van der Waals surface area contributed by atoms with Crippen molar-refractivity contribution in [2.45, 2.75) is 20.1 Å². The van der Waals surface area contributed by atoms with Gasteiger partial charge in [0, 0.05) is 18.3 Å². The molecular formula is C15H21N3O. The van der Waals surface area contributed by atoms with E-state index >= 15 is 0 Å². The van der Waals surface area contributed by atoms with E-state index in [0.29, 0.717) is 12.5 Å². The predicted octanol–water partition coefficient (Wildman–Crippen LogP) is 2.33. The molecule has 4 heteroatoms. The van der Waals surface area contributed by atoms with E-state index in [0.717, 1.165) is 24.3 Å². The first-order valence-corrected chi connectivity index (χ1v) is 6.51. The van der Waals surface area contributed by atoms with Gasteiger partial charge in [0.05, 0.1) is 6.54 Å². The smallest absolute Gasteiger partial charge is 0.233 e. The second kappa shape index (κ2) is 6.38. The summed E-state index contributed by atoms with van der Waals surface area (Å²) in [7, 11) is 4.12. The van der Waals surface area contributed by atoms with E-state index in [-0.39, 0.29) is 0 Å².